The number of hydrogen-bond acceptors (Lipinski definition) is 4. The number of carboxylic acids is 1. The summed E-state index contributed by atoms with van der Waals surface area (Å²) in [6.45, 7) is 0. The monoisotopic (exact) mass is 233 g/mol. The minimum absolute atomic E-state index is 0.353. The SMILES string of the molecule is COc1ccc(C=C(C#N)C(=O)O)c(OC)c1. The lowest BCUT2D eigenvalue weighted by Crippen LogP contribution is -1.98. The molecular weight excluding hydrogens is 222 g/mol. The van der Waals surface area contributed by atoms with Crippen LogP contribution in [0.4, 0.5) is 0 Å². The summed E-state index contributed by atoms with van der Waals surface area (Å²) in [6, 6.07) is 6.50. The summed E-state index contributed by atoms with van der Waals surface area (Å²) in [5.74, 6) is -0.239. The molecule has 5 nitrogen and oxygen atoms in total. The van der Waals surface area contributed by atoms with Crippen molar-refractivity contribution in [2.75, 3.05) is 14.2 Å². The van der Waals surface area contributed by atoms with Gasteiger partial charge in [-0.2, -0.15) is 5.26 Å². The number of hydrogen-bond donors (Lipinski definition) is 1. The maximum atomic E-state index is 10.7. The number of carbonyl (C=O) groups is 1. The Morgan fingerprint density at radius 1 is 1.41 bits per heavy atom. The maximum absolute atomic E-state index is 10.7. The fourth-order valence-corrected chi connectivity index (χ4v) is 1.24. The highest BCUT2D eigenvalue weighted by Gasteiger charge is 2.09. The minimum atomic E-state index is -1.27. The van der Waals surface area contributed by atoms with Crippen molar-refractivity contribution >= 4 is 12.0 Å². The first-order valence-corrected chi connectivity index (χ1v) is 4.69. The third-order valence-corrected chi connectivity index (χ3v) is 2.09. The predicted molar refractivity (Wildman–Crippen MR) is 60.8 cm³/mol. The average molecular weight is 233 g/mol. The first kappa shape index (κ1) is 12.6. The van der Waals surface area contributed by atoms with Crippen molar-refractivity contribution in [1.82, 2.24) is 0 Å². The van der Waals surface area contributed by atoms with Crippen molar-refractivity contribution in [3.63, 3.8) is 0 Å². The van der Waals surface area contributed by atoms with Gasteiger partial charge in [-0.1, -0.05) is 0 Å². The van der Waals surface area contributed by atoms with E-state index >= 15 is 0 Å². The van der Waals surface area contributed by atoms with Gasteiger partial charge in [0.05, 0.1) is 14.2 Å². The van der Waals surface area contributed by atoms with Crippen LogP contribution >= 0.6 is 0 Å². The quantitative estimate of drug-likeness (QED) is 0.632. The molecule has 0 heterocycles. The standard InChI is InChI=1S/C12H11NO4/c1-16-10-4-3-8(11(6-10)17-2)5-9(7-13)12(14)15/h3-6H,1-2H3,(H,14,15). The van der Waals surface area contributed by atoms with Crippen molar-refractivity contribution in [2.45, 2.75) is 0 Å². The predicted octanol–water partition coefficient (Wildman–Crippen LogP) is 1.70. The molecule has 0 aliphatic rings. The molecule has 0 saturated heterocycles. The largest absolute Gasteiger partial charge is 0.497 e. The van der Waals surface area contributed by atoms with Crippen LogP contribution in [-0.2, 0) is 4.79 Å². The van der Waals surface area contributed by atoms with Gasteiger partial charge in [-0.15, -0.1) is 0 Å². The highest BCUT2D eigenvalue weighted by Crippen LogP contribution is 2.26. The van der Waals surface area contributed by atoms with Gasteiger partial charge < -0.3 is 14.6 Å². The molecule has 0 amide bonds. The van der Waals surface area contributed by atoms with Gasteiger partial charge in [-0.3, -0.25) is 0 Å². The number of methoxy groups -OCH3 is 2. The molecule has 1 aromatic carbocycles. The zero-order valence-electron chi connectivity index (χ0n) is 9.43. The average Bonchev–Trinajstić information content (AvgIpc) is 2.35. The summed E-state index contributed by atoms with van der Waals surface area (Å²) < 4.78 is 10.1. The number of benzene rings is 1. The Morgan fingerprint density at radius 3 is 2.59 bits per heavy atom. The molecule has 17 heavy (non-hydrogen) atoms. The topological polar surface area (TPSA) is 79.5 Å². The zero-order valence-corrected chi connectivity index (χ0v) is 9.43. The van der Waals surface area contributed by atoms with Crippen LogP contribution in [0, 0.1) is 11.3 Å². The zero-order chi connectivity index (χ0) is 12.8. The lowest BCUT2D eigenvalue weighted by Gasteiger charge is -2.07. The third-order valence-electron chi connectivity index (χ3n) is 2.09. The second-order valence-corrected chi connectivity index (χ2v) is 3.08. The minimum Gasteiger partial charge on any atom is -0.497 e. The number of rotatable bonds is 4. The van der Waals surface area contributed by atoms with Gasteiger partial charge in [0.15, 0.2) is 0 Å². The van der Waals surface area contributed by atoms with Crippen LogP contribution in [0.3, 0.4) is 0 Å². The summed E-state index contributed by atoms with van der Waals surface area (Å²) in [5.41, 5.74) is 0.153. The lowest BCUT2D eigenvalue weighted by atomic mass is 10.1. The third kappa shape index (κ3) is 2.98. The number of ether oxygens (including phenoxy) is 2. The number of nitriles is 1. The van der Waals surface area contributed by atoms with Crippen LogP contribution in [-0.4, -0.2) is 25.3 Å². The number of nitrogens with zero attached hydrogens (tertiary/aromatic N) is 1. The van der Waals surface area contributed by atoms with Crippen molar-refractivity contribution in [3.8, 4) is 17.6 Å². The van der Waals surface area contributed by atoms with Crippen LogP contribution in [0.2, 0.25) is 0 Å². The lowest BCUT2D eigenvalue weighted by molar-refractivity contribution is -0.132. The smallest absolute Gasteiger partial charge is 0.346 e. The van der Waals surface area contributed by atoms with Crippen molar-refractivity contribution < 1.29 is 19.4 Å². The molecule has 88 valence electrons. The Kier molecular flexibility index (Phi) is 4.12. The summed E-state index contributed by atoms with van der Waals surface area (Å²) in [7, 11) is 2.97. The van der Waals surface area contributed by atoms with Gasteiger partial charge in [-0.05, 0) is 18.2 Å². The number of aliphatic carboxylic acids is 1. The first-order chi connectivity index (χ1) is 8.12. The Hall–Kier alpha value is -2.48. The summed E-state index contributed by atoms with van der Waals surface area (Å²) in [6.07, 6.45) is 1.25. The number of carboxylic acid groups (broad SMARTS) is 1. The van der Waals surface area contributed by atoms with Crippen LogP contribution in [0.25, 0.3) is 6.08 Å². The fourth-order valence-electron chi connectivity index (χ4n) is 1.24. The van der Waals surface area contributed by atoms with Crippen LogP contribution in [0.1, 0.15) is 5.56 Å². The molecular formula is C12H11NO4. The van der Waals surface area contributed by atoms with Crippen molar-refractivity contribution in [3.05, 3.63) is 29.3 Å². The van der Waals surface area contributed by atoms with Gasteiger partial charge in [-0.25, -0.2) is 4.79 Å². The molecule has 0 aliphatic carbocycles. The van der Waals surface area contributed by atoms with E-state index in [0.29, 0.717) is 17.1 Å². The summed E-state index contributed by atoms with van der Waals surface area (Å²) in [5, 5.41) is 17.4. The highest BCUT2D eigenvalue weighted by atomic mass is 16.5. The van der Waals surface area contributed by atoms with Crippen molar-refractivity contribution in [1.29, 1.82) is 5.26 Å². The van der Waals surface area contributed by atoms with Crippen molar-refractivity contribution in [2.24, 2.45) is 0 Å². The van der Waals surface area contributed by atoms with E-state index in [1.165, 1.54) is 20.3 Å². The van der Waals surface area contributed by atoms with Gasteiger partial charge in [0.25, 0.3) is 0 Å². The van der Waals surface area contributed by atoms with E-state index in [4.69, 9.17) is 19.8 Å². The van der Waals surface area contributed by atoms with Gasteiger partial charge in [0.2, 0.25) is 0 Å². The van der Waals surface area contributed by atoms with E-state index in [9.17, 15) is 4.79 Å². The fraction of sp³-hybridized carbons (Fsp3) is 0.167. The van der Waals surface area contributed by atoms with E-state index in [2.05, 4.69) is 0 Å². The van der Waals surface area contributed by atoms with Gasteiger partial charge in [0.1, 0.15) is 23.1 Å². The van der Waals surface area contributed by atoms with Gasteiger partial charge in [0, 0.05) is 11.6 Å². The second-order valence-electron chi connectivity index (χ2n) is 3.08. The van der Waals surface area contributed by atoms with E-state index in [-0.39, 0.29) is 5.57 Å². The molecule has 1 aromatic rings. The van der Waals surface area contributed by atoms with Crippen LogP contribution in [0.15, 0.2) is 23.8 Å². The van der Waals surface area contributed by atoms with E-state index in [1.54, 1.807) is 24.3 Å². The van der Waals surface area contributed by atoms with Crippen LogP contribution in [0.5, 0.6) is 11.5 Å². The molecule has 0 aliphatic heterocycles. The maximum Gasteiger partial charge on any atom is 0.346 e. The normalized spacial score (nSPS) is 10.5. The van der Waals surface area contributed by atoms with Crippen LogP contribution < -0.4 is 9.47 Å². The first-order valence-electron chi connectivity index (χ1n) is 4.69. The molecule has 0 radical (unpaired) electrons. The van der Waals surface area contributed by atoms with E-state index in [1.807, 2.05) is 0 Å². The molecule has 1 N–H and O–H groups in total. The summed E-state index contributed by atoms with van der Waals surface area (Å²) >= 11 is 0. The molecule has 0 bridgehead atoms. The Labute approximate surface area is 98.5 Å². The molecule has 0 saturated carbocycles. The molecule has 1 rings (SSSR count). The highest BCUT2D eigenvalue weighted by molar-refractivity contribution is 5.96. The summed E-state index contributed by atoms with van der Waals surface area (Å²) in [4.78, 5) is 10.7. The molecule has 0 spiro atoms. The molecule has 0 aromatic heterocycles. The van der Waals surface area contributed by atoms with E-state index in [0.717, 1.165) is 0 Å². The Morgan fingerprint density at radius 2 is 2.12 bits per heavy atom. The van der Waals surface area contributed by atoms with E-state index < -0.39 is 5.97 Å². The molecule has 0 atom stereocenters. The Bertz CT molecular complexity index is 500. The molecule has 0 unspecified atom stereocenters. The second kappa shape index (κ2) is 5.56. The molecule has 5 heteroatoms. The molecule has 0 fully saturated rings. The van der Waals surface area contributed by atoms with Gasteiger partial charge >= 0.3 is 5.97 Å². The Balaban J connectivity index is 3.23.